The average molecular weight is 260 g/mol. The summed E-state index contributed by atoms with van der Waals surface area (Å²) in [5.74, 6) is 0.536. The molecule has 0 bridgehead atoms. The van der Waals surface area contributed by atoms with E-state index in [0.29, 0.717) is 15.1 Å². The fourth-order valence-corrected chi connectivity index (χ4v) is 1.15. The third-order valence-electron chi connectivity index (χ3n) is 1.15. The molecule has 4 heteroatoms. The Kier molecular flexibility index (Phi) is 2.65. The molecule has 0 amide bonds. The van der Waals surface area contributed by atoms with Gasteiger partial charge in [0.25, 0.3) is 0 Å². The predicted molar refractivity (Wildman–Crippen MR) is 48.2 cm³/mol. The number of pyridine rings is 1. The molecule has 56 valence electrons. The van der Waals surface area contributed by atoms with Gasteiger partial charge in [-0.05, 0) is 28.7 Å². The van der Waals surface area contributed by atoms with Crippen molar-refractivity contribution in [1.29, 1.82) is 5.26 Å². The van der Waals surface area contributed by atoms with E-state index in [1.165, 1.54) is 0 Å². The van der Waals surface area contributed by atoms with Gasteiger partial charge >= 0.3 is 0 Å². The first-order chi connectivity index (χ1) is 5.27. The topological polar surface area (TPSA) is 45.9 Å². The molecule has 0 saturated heterocycles. The van der Waals surface area contributed by atoms with Crippen LogP contribution in [0.2, 0.25) is 0 Å². The number of nitriles is 1. The van der Waals surface area contributed by atoms with Gasteiger partial charge in [-0.1, -0.05) is 0 Å². The number of methoxy groups -OCH3 is 1. The van der Waals surface area contributed by atoms with Crippen molar-refractivity contribution in [2.24, 2.45) is 0 Å². The fraction of sp³-hybridized carbons (Fsp3) is 0.143. The van der Waals surface area contributed by atoms with E-state index in [0.717, 1.165) is 0 Å². The second-order valence-corrected chi connectivity index (χ2v) is 2.83. The zero-order valence-electron chi connectivity index (χ0n) is 5.84. The molecule has 0 aliphatic carbocycles. The number of rotatable bonds is 1. The Hall–Kier alpha value is -0.830. The Labute approximate surface area is 78.1 Å². The van der Waals surface area contributed by atoms with Gasteiger partial charge in [0.2, 0.25) is 5.88 Å². The SMILES string of the molecule is COc1ccc(C#N)c(I)n1. The Morgan fingerprint density at radius 3 is 2.82 bits per heavy atom. The Morgan fingerprint density at radius 1 is 1.64 bits per heavy atom. The molecule has 0 spiro atoms. The van der Waals surface area contributed by atoms with E-state index in [-0.39, 0.29) is 0 Å². The second kappa shape index (κ2) is 3.53. The van der Waals surface area contributed by atoms with Gasteiger partial charge in [0.05, 0.1) is 12.7 Å². The number of hydrogen-bond donors (Lipinski definition) is 0. The molecule has 0 saturated carbocycles. The van der Waals surface area contributed by atoms with Crippen molar-refractivity contribution in [2.45, 2.75) is 0 Å². The van der Waals surface area contributed by atoms with E-state index in [2.05, 4.69) is 4.98 Å². The van der Waals surface area contributed by atoms with Crippen molar-refractivity contribution in [1.82, 2.24) is 4.98 Å². The van der Waals surface area contributed by atoms with Crippen molar-refractivity contribution < 1.29 is 4.74 Å². The molecule has 0 aromatic carbocycles. The standard InChI is InChI=1S/C7H5IN2O/c1-11-6-3-2-5(4-9)7(8)10-6/h2-3H,1H3. The monoisotopic (exact) mass is 260 g/mol. The van der Waals surface area contributed by atoms with Gasteiger partial charge in [-0.25, -0.2) is 4.98 Å². The van der Waals surface area contributed by atoms with Crippen LogP contribution in [0.15, 0.2) is 12.1 Å². The van der Waals surface area contributed by atoms with Gasteiger partial charge in [0, 0.05) is 6.07 Å². The summed E-state index contributed by atoms with van der Waals surface area (Å²) in [4.78, 5) is 4.00. The molecule has 0 aliphatic rings. The quantitative estimate of drug-likeness (QED) is 0.568. The van der Waals surface area contributed by atoms with Crippen molar-refractivity contribution in [3.8, 4) is 11.9 Å². The van der Waals surface area contributed by atoms with E-state index in [1.54, 1.807) is 19.2 Å². The largest absolute Gasteiger partial charge is 0.481 e. The van der Waals surface area contributed by atoms with Crippen LogP contribution in [-0.4, -0.2) is 12.1 Å². The highest BCUT2D eigenvalue weighted by atomic mass is 127. The normalized spacial score (nSPS) is 8.82. The minimum absolute atomic E-state index is 0.536. The summed E-state index contributed by atoms with van der Waals surface area (Å²) in [5.41, 5.74) is 0.575. The van der Waals surface area contributed by atoms with E-state index >= 15 is 0 Å². The van der Waals surface area contributed by atoms with Crippen molar-refractivity contribution in [2.75, 3.05) is 7.11 Å². The van der Waals surface area contributed by atoms with Crippen LogP contribution < -0.4 is 4.74 Å². The van der Waals surface area contributed by atoms with Crippen LogP contribution >= 0.6 is 22.6 Å². The van der Waals surface area contributed by atoms with Crippen LogP contribution in [0.3, 0.4) is 0 Å². The Morgan fingerprint density at radius 2 is 2.36 bits per heavy atom. The number of hydrogen-bond acceptors (Lipinski definition) is 3. The average Bonchev–Trinajstić information content (AvgIpc) is 2.04. The summed E-state index contributed by atoms with van der Waals surface area (Å²) in [6.07, 6.45) is 0. The van der Waals surface area contributed by atoms with Crippen molar-refractivity contribution >= 4 is 22.6 Å². The fourth-order valence-electron chi connectivity index (χ4n) is 0.615. The minimum Gasteiger partial charge on any atom is -0.481 e. The van der Waals surface area contributed by atoms with Gasteiger partial charge in [-0.15, -0.1) is 0 Å². The molecule has 1 aromatic rings. The zero-order valence-corrected chi connectivity index (χ0v) is 7.99. The van der Waals surface area contributed by atoms with Gasteiger partial charge in [-0.3, -0.25) is 0 Å². The van der Waals surface area contributed by atoms with Crippen molar-refractivity contribution in [3.63, 3.8) is 0 Å². The summed E-state index contributed by atoms with van der Waals surface area (Å²) in [6.45, 7) is 0. The molecule has 0 atom stereocenters. The second-order valence-electron chi connectivity index (χ2n) is 1.80. The Bertz CT molecular complexity index is 306. The molecule has 0 N–H and O–H groups in total. The van der Waals surface area contributed by atoms with E-state index in [1.807, 2.05) is 28.7 Å². The molecular weight excluding hydrogens is 255 g/mol. The molecular formula is C7H5IN2O. The number of ether oxygens (including phenoxy) is 1. The summed E-state index contributed by atoms with van der Waals surface area (Å²) in [6, 6.07) is 5.38. The zero-order chi connectivity index (χ0) is 8.27. The first-order valence-corrected chi connectivity index (χ1v) is 3.96. The van der Waals surface area contributed by atoms with Crippen molar-refractivity contribution in [3.05, 3.63) is 21.4 Å². The van der Waals surface area contributed by atoms with Gasteiger partial charge in [-0.2, -0.15) is 5.26 Å². The lowest BCUT2D eigenvalue weighted by Gasteiger charge is -1.98. The third-order valence-corrected chi connectivity index (χ3v) is 1.98. The molecule has 0 radical (unpaired) electrons. The maximum absolute atomic E-state index is 8.55. The number of halogens is 1. The lowest BCUT2D eigenvalue weighted by atomic mass is 10.3. The van der Waals surface area contributed by atoms with Crippen LogP contribution in [-0.2, 0) is 0 Å². The molecule has 0 fully saturated rings. The Balaban J connectivity index is 3.12. The van der Waals surface area contributed by atoms with Crippen LogP contribution in [0.25, 0.3) is 0 Å². The number of aromatic nitrogens is 1. The third kappa shape index (κ3) is 1.80. The highest BCUT2D eigenvalue weighted by Gasteiger charge is 2.00. The highest BCUT2D eigenvalue weighted by molar-refractivity contribution is 14.1. The van der Waals surface area contributed by atoms with Crippen LogP contribution in [0.5, 0.6) is 5.88 Å². The molecule has 0 unspecified atom stereocenters. The van der Waals surface area contributed by atoms with Gasteiger partial charge in [0.15, 0.2) is 0 Å². The maximum atomic E-state index is 8.55. The van der Waals surface area contributed by atoms with Crippen LogP contribution in [0, 0.1) is 15.0 Å². The van der Waals surface area contributed by atoms with Gasteiger partial charge in [0.1, 0.15) is 9.77 Å². The summed E-state index contributed by atoms with van der Waals surface area (Å²) in [5, 5.41) is 8.55. The molecule has 1 heterocycles. The lowest BCUT2D eigenvalue weighted by molar-refractivity contribution is 0.397. The predicted octanol–water partition coefficient (Wildman–Crippen LogP) is 1.57. The van der Waals surface area contributed by atoms with E-state index in [4.69, 9.17) is 10.00 Å². The summed E-state index contributed by atoms with van der Waals surface area (Å²) < 4.78 is 5.54. The van der Waals surface area contributed by atoms with E-state index in [9.17, 15) is 0 Å². The molecule has 11 heavy (non-hydrogen) atoms. The lowest BCUT2D eigenvalue weighted by Crippen LogP contribution is -1.91. The number of nitrogens with zero attached hydrogens (tertiary/aromatic N) is 2. The minimum atomic E-state index is 0.536. The first kappa shape index (κ1) is 8.27. The van der Waals surface area contributed by atoms with Crippen LogP contribution in [0.4, 0.5) is 0 Å². The molecule has 1 aromatic heterocycles. The maximum Gasteiger partial charge on any atom is 0.214 e. The smallest absolute Gasteiger partial charge is 0.214 e. The molecule has 1 rings (SSSR count). The first-order valence-electron chi connectivity index (χ1n) is 2.88. The summed E-state index contributed by atoms with van der Waals surface area (Å²) >= 11 is 2.00. The highest BCUT2D eigenvalue weighted by Crippen LogP contribution is 2.13. The van der Waals surface area contributed by atoms with Crippen LogP contribution in [0.1, 0.15) is 5.56 Å². The summed E-state index contributed by atoms with van der Waals surface area (Å²) in [7, 11) is 1.55. The van der Waals surface area contributed by atoms with Gasteiger partial charge < -0.3 is 4.74 Å². The van der Waals surface area contributed by atoms with E-state index < -0.39 is 0 Å². The molecule has 0 aliphatic heterocycles. The molecule has 3 nitrogen and oxygen atoms in total.